The number of nitrogens with zero attached hydrogens (tertiary/aromatic N) is 3. The van der Waals surface area contributed by atoms with Crippen LogP contribution in [-0.2, 0) is 28.3 Å². The molecule has 3 heterocycles. The fourth-order valence-corrected chi connectivity index (χ4v) is 5.35. The van der Waals surface area contributed by atoms with E-state index in [0.717, 1.165) is 75.9 Å². The van der Waals surface area contributed by atoms with Gasteiger partial charge in [0.05, 0.1) is 5.56 Å². The van der Waals surface area contributed by atoms with Gasteiger partial charge in [-0.25, -0.2) is 13.4 Å². The van der Waals surface area contributed by atoms with Gasteiger partial charge < -0.3 is 15.0 Å². The van der Waals surface area contributed by atoms with E-state index in [0.29, 0.717) is 5.88 Å². The third-order valence-electron chi connectivity index (χ3n) is 6.28. The lowest BCUT2D eigenvalue weighted by molar-refractivity contribution is 0.0192. The van der Waals surface area contributed by atoms with E-state index < -0.39 is 15.4 Å². The SMILES string of the molecule is CS(=O)(=O)c1nc2c(c(N3CCNCC3)n1)CCC1(CCCc3ccccc31)O2. The maximum atomic E-state index is 12.3. The van der Waals surface area contributed by atoms with Gasteiger partial charge >= 0.3 is 0 Å². The van der Waals surface area contributed by atoms with Crippen LogP contribution in [-0.4, -0.2) is 50.8 Å². The summed E-state index contributed by atoms with van der Waals surface area (Å²) in [5.74, 6) is 1.16. The van der Waals surface area contributed by atoms with Crippen molar-refractivity contribution in [1.29, 1.82) is 0 Å². The fourth-order valence-electron chi connectivity index (χ4n) is 4.85. The van der Waals surface area contributed by atoms with Crippen LogP contribution in [0.1, 0.15) is 36.0 Å². The van der Waals surface area contributed by atoms with Crippen molar-refractivity contribution in [3.8, 4) is 5.88 Å². The molecule has 1 saturated heterocycles. The van der Waals surface area contributed by atoms with Gasteiger partial charge in [0.15, 0.2) is 0 Å². The van der Waals surface area contributed by atoms with Crippen LogP contribution in [0.25, 0.3) is 0 Å². The molecule has 1 spiro atoms. The zero-order chi connectivity index (χ0) is 20.1. The van der Waals surface area contributed by atoms with E-state index in [2.05, 4.69) is 44.5 Å². The Labute approximate surface area is 171 Å². The maximum absolute atomic E-state index is 12.3. The molecule has 0 radical (unpaired) electrons. The number of aromatic nitrogens is 2. The normalized spacial score (nSPS) is 24.0. The van der Waals surface area contributed by atoms with E-state index in [9.17, 15) is 8.42 Å². The molecule has 1 aliphatic carbocycles. The van der Waals surface area contributed by atoms with E-state index in [4.69, 9.17) is 4.74 Å². The van der Waals surface area contributed by atoms with Crippen LogP contribution < -0.4 is 15.0 Å². The molecule has 0 bridgehead atoms. The lowest BCUT2D eigenvalue weighted by atomic mass is 9.75. The summed E-state index contributed by atoms with van der Waals surface area (Å²) in [4.78, 5) is 11.0. The van der Waals surface area contributed by atoms with E-state index >= 15 is 0 Å². The second-order valence-corrected chi connectivity index (χ2v) is 10.1. The van der Waals surface area contributed by atoms with Gasteiger partial charge in [0.2, 0.25) is 15.7 Å². The summed E-state index contributed by atoms with van der Waals surface area (Å²) >= 11 is 0. The maximum Gasteiger partial charge on any atom is 0.252 e. The van der Waals surface area contributed by atoms with E-state index in [-0.39, 0.29) is 5.16 Å². The van der Waals surface area contributed by atoms with Gasteiger partial charge in [-0.3, -0.25) is 0 Å². The second kappa shape index (κ2) is 6.95. The van der Waals surface area contributed by atoms with Crippen LogP contribution in [0.5, 0.6) is 5.88 Å². The Morgan fingerprint density at radius 2 is 1.90 bits per heavy atom. The van der Waals surface area contributed by atoms with Gasteiger partial charge in [-0.2, -0.15) is 4.98 Å². The number of rotatable bonds is 2. The summed E-state index contributed by atoms with van der Waals surface area (Å²) in [6, 6.07) is 8.44. The molecule has 7 nitrogen and oxygen atoms in total. The summed E-state index contributed by atoms with van der Waals surface area (Å²) in [5.41, 5.74) is 3.06. The first-order chi connectivity index (χ1) is 14.0. The zero-order valence-electron chi connectivity index (χ0n) is 16.6. The third kappa shape index (κ3) is 3.28. The second-order valence-electron chi connectivity index (χ2n) is 8.23. The van der Waals surface area contributed by atoms with Gasteiger partial charge in [0.25, 0.3) is 5.16 Å². The lowest BCUT2D eigenvalue weighted by Gasteiger charge is -2.43. The van der Waals surface area contributed by atoms with Crippen LogP contribution in [0.4, 0.5) is 5.82 Å². The molecule has 154 valence electrons. The molecule has 2 aromatic rings. The van der Waals surface area contributed by atoms with Gasteiger partial charge in [0, 0.05) is 32.4 Å². The van der Waals surface area contributed by atoms with Crippen LogP contribution in [0.15, 0.2) is 29.4 Å². The number of benzene rings is 1. The van der Waals surface area contributed by atoms with Crippen LogP contribution in [0, 0.1) is 0 Å². The van der Waals surface area contributed by atoms with Crippen molar-refractivity contribution in [3.63, 3.8) is 0 Å². The predicted molar refractivity (Wildman–Crippen MR) is 110 cm³/mol. The summed E-state index contributed by atoms with van der Waals surface area (Å²) in [7, 11) is -3.54. The standard InChI is InChI=1S/C21H26N4O3S/c1-29(26,27)20-23-18(25-13-11-22-12-14-25)16-8-10-21(28-19(16)24-20)9-4-6-15-5-2-3-7-17(15)21/h2-3,5,7,22H,4,6,8-14H2,1H3. The van der Waals surface area contributed by atoms with Gasteiger partial charge in [0.1, 0.15) is 11.4 Å². The molecule has 1 unspecified atom stereocenters. The minimum absolute atomic E-state index is 0.147. The average Bonchev–Trinajstić information content (AvgIpc) is 2.73. The fraction of sp³-hybridized carbons (Fsp3) is 0.524. The summed E-state index contributed by atoms with van der Waals surface area (Å²) in [6.07, 6.45) is 5.83. The van der Waals surface area contributed by atoms with Crippen molar-refractivity contribution in [2.75, 3.05) is 37.3 Å². The van der Waals surface area contributed by atoms with Crippen LogP contribution in [0.3, 0.4) is 0 Å². The number of anilines is 1. The number of sulfone groups is 1. The van der Waals surface area contributed by atoms with Crippen molar-refractivity contribution in [3.05, 3.63) is 41.0 Å². The molecule has 0 amide bonds. The van der Waals surface area contributed by atoms with Gasteiger partial charge in [-0.1, -0.05) is 24.3 Å². The van der Waals surface area contributed by atoms with Crippen molar-refractivity contribution in [2.45, 2.75) is 42.9 Å². The molecule has 1 fully saturated rings. The lowest BCUT2D eigenvalue weighted by Crippen LogP contribution is -2.45. The van der Waals surface area contributed by atoms with Crippen molar-refractivity contribution < 1.29 is 13.2 Å². The average molecular weight is 415 g/mol. The third-order valence-corrected chi connectivity index (χ3v) is 7.13. The molecular weight excluding hydrogens is 388 g/mol. The Morgan fingerprint density at radius 1 is 1.10 bits per heavy atom. The first-order valence-electron chi connectivity index (χ1n) is 10.3. The molecule has 1 aromatic carbocycles. The van der Waals surface area contributed by atoms with Crippen molar-refractivity contribution in [1.82, 2.24) is 15.3 Å². The topological polar surface area (TPSA) is 84.4 Å². The minimum Gasteiger partial charge on any atom is -0.466 e. The largest absolute Gasteiger partial charge is 0.466 e. The Bertz CT molecular complexity index is 1050. The van der Waals surface area contributed by atoms with E-state index in [1.165, 1.54) is 11.1 Å². The summed E-state index contributed by atoms with van der Waals surface area (Å²) < 4.78 is 31.2. The molecule has 29 heavy (non-hydrogen) atoms. The number of piperazine rings is 1. The van der Waals surface area contributed by atoms with Crippen molar-refractivity contribution in [2.24, 2.45) is 0 Å². The highest BCUT2D eigenvalue weighted by atomic mass is 32.2. The molecule has 0 saturated carbocycles. The van der Waals surface area contributed by atoms with Gasteiger partial charge in [-0.15, -0.1) is 0 Å². The quantitative estimate of drug-likeness (QED) is 0.751. The number of hydrogen-bond donors (Lipinski definition) is 1. The number of aryl methyl sites for hydroxylation is 1. The molecule has 1 N–H and O–H groups in total. The highest BCUT2D eigenvalue weighted by Gasteiger charge is 2.43. The first kappa shape index (κ1) is 18.8. The number of nitrogens with one attached hydrogen (secondary N) is 1. The number of fused-ring (bicyclic) bond motifs is 3. The molecule has 3 aliphatic rings. The van der Waals surface area contributed by atoms with E-state index in [1.54, 1.807) is 0 Å². The molecule has 5 rings (SSSR count). The minimum atomic E-state index is -3.54. The first-order valence-corrected chi connectivity index (χ1v) is 12.2. The Kier molecular flexibility index (Phi) is 4.51. The Balaban J connectivity index is 1.62. The smallest absolute Gasteiger partial charge is 0.252 e. The Morgan fingerprint density at radius 3 is 2.69 bits per heavy atom. The summed E-state index contributed by atoms with van der Waals surface area (Å²) in [6.45, 7) is 3.29. The van der Waals surface area contributed by atoms with Crippen molar-refractivity contribution >= 4 is 15.7 Å². The van der Waals surface area contributed by atoms with Crippen LogP contribution >= 0.6 is 0 Å². The molecule has 1 aromatic heterocycles. The molecular formula is C21H26N4O3S. The molecule has 1 atom stereocenters. The predicted octanol–water partition coefficient (Wildman–Crippen LogP) is 1.85. The highest BCUT2D eigenvalue weighted by molar-refractivity contribution is 7.90. The highest BCUT2D eigenvalue weighted by Crippen LogP contribution is 2.47. The van der Waals surface area contributed by atoms with E-state index in [1.807, 2.05) is 0 Å². The number of hydrogen-bond acceptors (Lipinski definition) is 7. The molecule has 2 aliphatic heterocycles. The monoisotopic (exact) mass is 414 g/mol. The van der Waals surface area contributed by atoms with Gasteiger partial charge in [-0.05, 0) is 43.2 Å². The van der Waals surface area contributed by atoms with Crippen LogP contribution in [0.2, 0.25) is 0 Å². The molecule has 8 heteroatoms. The summed E-state index contributed by atoms with van der Waals surface area (Å²) in [5, 5.41) is 3.19. The number of ether oxygens (including phenoxy) is 1. The Hall–Kier alpha value is -2.19. The zero-order valence-corrected chi connectivity index (χ0v) is 17.5.